The van der Waals surface area contributed by atoms with E-state index in [9.17, 15) is 4.79 Å². The first-order chi connectivity index (χ1) is 8.69. The molecule has 0 amide bonds. The van der Waals surface area contributed by atoms with Crippen LogP contribution >= 0.6 is 0 Å². The van der Waals surface area contributed by atoms with Crippen LogP contribution in [-0.2, 0) is 0 Å². The number of carboxylic acids is 1. The second-order valence-corrected chi connectivity index (χ2v) is 3.60. The molecule has 0 saturated carbocycles. The highest BCUT2D eigenvalue weighted by Gasteiger charge is 2.02. The molecule has 2 aromatic rings. The molecule has 3 heteroatoms. The smallest absolute Gasteiger partial charge is 0.335 e. The molecule has 0 spiro atoms. The first-order valence-electron chi connectivity index (χ1n) is 5.27. The van der Waals surface area contributed by atoms with E-state index in [1.54, 1.807) is 36.4 Å². The van der Waals surface area contributed by atoms with Gasteiger partial charge in [-0.2, -0.15) is 0 Å². The zero-order valence-corrected chi connectivity index (χ0v) is 9.46. The molecule has 0 heterocycles. The van der Waals surface area contributed by atoms with Crippen LogP contribution in [0, 0.1) is 12.3 Å². The molecule has 3 nitrogen and oxygen atoms in total. The van der Waals surface area contributed by atoms with Crippen LogP contribution in [0.1, 0.15) is 15.9 Å². The van der Waals surface area contributed by atoms with Crippen molar-refractivity contribution in [3.8, 4) is 23.8 Å². The topological polar surface area (TPSA) is 46.5 Å². The van der Waals surface area contributed by atoms with Gasteiger partial charge in [-0.1, -0.05) is 5.92 Å². The Morgan fingerprint density at radius 1 is 1.00 bits per heavy atom. The molecule has 0 unspecified atom stereocenters. The summed E-state index contributed by atoms with van der Waals surface area (Å²) in [4.78, 5) is 10.7. The molecule has 2 rings (SSSR count). The molecule has 0 aromatic heterocycles. The summed E-state index contributed by atoms with van der Waals surface area (Å²) < 4.78 is 5.55. The van der Waals surface area contributed by atoms with Crippen LogP contribution in [0.3, 0.4) is 0 Å². The van der Waals surface area contributed by atoms with E-state index >= 15 is 0 Å². The summed E-state index contributed by atoms with van der Waals surface area (Å²) in [5.41, 5.74) is 1.01. The van der Waals surface area contributed by atoms with Crippen molar-refractivity contribution in [3.63, 3.8) is 0 Å². The molecule has 1 N–H and O–H groups in total. The normalized spacial score (nSPS) is 9.50. The molecule has 0 saturated heterocycles. The molecule has 0 fully saturated rings. The first-order valence-corrected chi connectivity index (χ1v) is 5.27. The summed E-state index contributed by atoms with van der Waals surface area (Å²) in [5.74, 6) is 2.79. The number of terminal acetylenes is 1. The zero-order valence-electron chi connectivity index (χ0n) is 9.46. The van der Waals surface area contributed by atoms with Crippen LogP contribution in [0.25, 0.3) is 0 Å². The highest BCUT2D eigenvalue weighted by Crippen LogP contribution is 2.21. The summed E-state index contributed by atoms with van der Waals surface area (Å²) >= 11 is 0. The molecule has 0 aliphatic rings. The van der Waals surface area contributed by atoms with Gasteiger partial charge in [-0.25, -0.2) is 4.79 Å². The maximum absolute atomic E-state index is 10.7. The number of carboxylic acid groups (broad SMARTS) is 1. The van der Waals surface area contributed by atoms with Gasteiger partial charge in [0.15, 0.2) is 0 Å². The minimum Gasteiger partial charge on any atom is -0.478 e. The predicted octanol–water partition coefficient (Wildman–Crippen LogP) is 3.16. The molecular formula is C15H10O3. The zero-order chi connectivity index (χ0) is 13.0. The fraction of sp³-hybridized carbons (Fsp3) is 0. The Balaban J connectivity index is 2.13. The van der Waals surface area contributed by atoms with E-state index in [0.29, 0.717) is 11.5 Å². The maximum atomic E-state index is 10.7. The Labute approximate surface area is 105 Å². The molecule has 0 bridgehead atoms. The van der Waals surface area contributed by atoms with Crippen LogP contribution in [0.4, 0.5) is 0 Å². The summed E-state index contributed by atoms with van der Waals surface area (Å²) in [5, 5.41) is 8.76. The number of hydrogen-bond donors (Lipinski definition) is 1. The van der Waals surface area contributed by atoms with E-state index in [1.807, 2.05) is 0 Å². The molecule has 88 valence electrons. The van der Waals surface area contributed by atoms with Crippen molar-refractivity contribution in [3.05, 3.63) is 59.7 Å². The van der Waals surface area contributed by atoms with Crippen molar-refractivity contribution in [1.82, 2.24) is 0 Å². The Kier molecular flexibility index (Phi) is 3.31. The van der Waals surface area contributed by atoms with E-state index in [4.69, 9.17) is 16.3 Å². The fourth-order valence-electron chi connectivity index (χ4n) is 1.42. The van der Waals surface area contributed by atoms with Gasteiger partial charge in [-0.15, -0.1) is 6.42 Å². The van der Waals surface area contributed by atoms with Crippen molar-refractivity contribution in [2.24, 2.45) is 0 Å². The van der Waals surface area contributed by atoms with Gasteiger partial charge in [-0.05, 0) is 48.5 Å². The van der Waals surface area contributed by atoms with E-state index in [0.717, 1.165) is 5.56 Å². The van der Waals surface area contributed by atoms with Gasteiger partial charge in [0.25, 0.3) is 0 Å². The van der Waals surface area contributed by atoms with Gasteiger partial charge in [0.05, 0.1) is 5.56 Å². The lowest BCUT2D eigenvalue weighted by Gasteiger charge is -2.05. The van der Waals surface area contributed by atoms with Crippen LogP contribution in [0.2, 0.25) is 0 Å². The van der Waals surface area contributed by atoms with Gasteiger partial charge in [0.2, 0.25) is 0 Å². The van der Waals surface area contributed by atoms with Gasteiger partial charge >= 0.3 is 5.97 Å². The number of aromatic carboxylic acids is 1. The third-order valence-electron chi connectivity index (χ3n) is 2.36. The summed E-state index contributed by atoms with van der Waals surface area (Å²) in [6.45, 7) is 0. The minimum absolute atomic E-state index is 0.227. The Bertz CT molecular complexity index is 589. The van der Waals surface area contributed by atoms with Crippen LogP contribution in [-0.4, -0.2) is 11.1 Å². The number of rotatable bonds is 3. The van der Waals surface area contributed by atoms with Crippen molar-refractivity contribution in [1.29, 1.82) is 0 Å². The molecule has 0 radical (unpaired) electrons. The average molecular weight is 238 g/mol. The lowest BCUT2D eigenvalue weighted by molar-refractivity contribution is 0.0697. The van der Waals surface area contributed by atoms with E-state index in [-0.39, 0.29) is 5.56 Å². The molecule has 18 heavy (non-hydrogen) atoms. The van der Waals surface area contributed by atoms with Crippen LogP contribution < -0.4 is 4.74 Å². The summed E-state index contributed by atoms with van der Waals surface area (Å²) in [6, 6.07) is 13.3. The number of ether oxygens (including phenoxy) is 1. The van der Waals surface area contributed by atoms with Crippen LogP contribution in [0.15, 0.2) is 48.5 Å². The van der Waals surface area contributed by atoms with Gasteiger partial charge in [0, 0.05) is 5.56 Å². The lowest BCUT2D eigenvalue weighted by atomic mass is 10.2. The minimum atomic E-state index is -0.958. The summed E-state index contributed by atoms with van der Waals surface area (Å²) in [6.07, 6.45) is 5.25. The Hall–Kier alpha value is -2.73. The highest BCUT2D eigenvalue weighted by atomic mass is 16.5. The third-order valence-corrected chi connectivity index (χ3v) is 2.36. The predicted molar refractivity (Wildman–Crippen MR) is 67.9 cm³/mol. The maximum Gasteiger partial charge on any atom is 0.335 e. The van der Waals surface area contributed by atoms with Crippen molar-refractivity contribution >= 4 is 5.97 Å². The second kappa shape index (κ2) is 5.07. The van der Waals surface area contributed by atoms with Gasteiger partial charge < -0.3 is 9.84 Å². The van der Waals surface area contributed by atoms with Gasteiger partial charge in [0.1, 0.15) is 11.5 Å². The monoisotopic (exact) mass is 238 g/mol. The van der Waals surface area contributed by atoms with E-state index in [1.165, 1.54) is 12.1 Å². The SMILES string of the molecule is C#Cc1ccc(Oc2ccc(C(=O)O)cc2)cc1. The molecular weight excluding hydrogens is 228 g/mol. The Morgan fingerprint density at radius 2 is 1.50 bits per heavy atom. The van der Waals surface area contributed by atoms with Crippen molar-refractivity contribution in [2.75, 3.05) is 0 Å². The van der Waals surface area contributed by atoms with Crippen molar-refractivity contribution < 1.29 is 14.6 Å². The standard InChI is InChI=1S/C15H10O3/c1-2-11-3-7-13(8-4-11)18-14-9-5-12(6-10-14)15(16)17/h1,3-10H,(H,16,17). The molecule has 0 atom stereocenters. The molecule has 0 aliphatic heterocycles. The molecule has 2 aromatic carbocycles. The number of benzene rings is 2. The van der Waals surface area contributed by atoms with Crippen LogP contribution in [0.5, 0.6) is 11.5 Å². The fourth-order valence-corrected chi connectivity index (χ4v) is 1.42. The molecule has 0 aliphatic carbocycles. The number of hydrogen-bond acceptors (Lipinski definition) is 2. The third kappa shape index (κ3) is 2.69. The largest absolute Gasteiger partial charge is 0.478 e. The Morgan fingerprint density at radius 3 is 1.94 bits per heavy atom. The van der Waals surface area contributed by atoms with Gasteiger partial charge in [-0.3, -0.25) is 0 Å². The van der Waals surface area contributed by atoms with Crippen molar-refractivity contribution in [2.45, 2.75) is 0 Å². The number of carbonyl (C=O) groups is 1. The second-order valence-electron chi connectivity index (χ2n) is 3.60. The van der Waals surface area contributed by atoms with E-state index in [2.05, 4.69) is 5.92 Å². The lowest BCUT2D eigenvalue weighted by Crippen LogP contribution is -1.95. The average Bonchev–Trinajstić information content (AvgIpc) is 2.40. The quantitative estimate of drug-likeness (QED) is 0.835. The highest BCUT2D eigenvalue weighted by molar-refractivity contribution is 5.87. The van der Waals surface area contributed by atoms with E-state index < -0.39 is 5.97 Å². The summed E-state index contributed by atoms with van der Waals surface area (Å²) in [7, 11) is 0. The first kappa shape index (κ1) is 11.7.